The molecule has 1 rings (SSSR count). The predicted octanol–water partition coefficient (Wildman–Crippen LogP) is 1.53. The molecule has 0 aromatic heterocycles. The van der Waals surface area contributed by atoms with Crippen molar-refractivity contribution in [2.75, 3.05) is 26.3 Å². The zero-order chi connectivity index (χ0) is 11.4. The van der Waals surface area contributed by atoms with Crippen molar-refractivity contribution in [1.82, 2.24) is 10.6 Å². The third kappa shape index (κ3) is 4.49. The lowest BCUT2D eigenvalue weighted by Crippen LogP contribution is -2.56. The van der Waals surface area contributed by atoms with Gasteiger partial charge in [-0.05, 0) is 40.2 Å². The van der Waals surface area contributed by atoms with Crippen LogP contribution in [-0.4, -0.2) is 37.4 Å². The van der Waals surface area contributed by atoms with Gasteiger partial charge >= 0.3 is 0 Å². The third-order valence-electron chi connectivity index (χ3n) is 3.05. The van der Waals surface area contributed by atoms with Gasteiger partial charge in [0.25, 0.3) is 0 Å². The minimum absolute atomic E-state index is 0.162. The smallest absolute Gasteiger partial charge is 0.0645 e. The number of hydrogen-bond donors (Lipinski definition) is 2. The second-order valence-corrected chi connectivity index (χ2v) is 5.48. The third-order valence-corrected chi connectivity index (χ3v) is 3.05. The molecule has 1 unspecified atom stereocenters. The molecule has 0 aromatic rings. The first-order valence-corrected chi connectivity index (χ1v) is 6.05. The Bertz CT molecular complexity index is 186. The number of hydrogen-bond acceptors (Lipinski definition) is 3. The summed E-state index contributed by atoms with van der Waals surface area (Å²) in [6.45, 7) is 12.6. The Kier molecular flexibility index (Phi) is 4.56. The highest BCUT2D eigenvalue weighted by molar-refractivity contribution is 4.90. The lowest BCUT2D eigenvalue weighted by atomic mass is 9.93. The molecule has 1 atom stereocenters. The molecule has 0 aromatic carbocycles. The largest absolute Gasteiger partial charge is 0.380 e. The number of ether oxygens (including phenoxy) is 1. The van der Waals surface area contributed by atoms with Gasteiger partial charge in [0.05, 0.1) is 6.61 Å². The van der Waals surface area contributed by atoms with Gasteiger partial charge in [-0.25, -0.2) is 0 Å². The molecule has 1 heterocycles. The van der Waals surface area contributed by atoms with Gasteiger partial charge in [0.2, 0.25) is 0 Å². The van der Waals surface area contributed by atoms with Gasteiger partial charge in [0, 0.05) is 24.2 Å². The van der Waals surface area contributed by atoms with E-state index in [1.54, 1.807) is 0 Å². The van der Waals surface area contributed by atoms with Gasteiger partial charge < -0.3 is 15.4 Å². The molecule has 0 saturated carbocycles. The van der Waals surface area contributed by atoms with Crippen LogP contribution in [0.3, 0.4) is 0 Å². The van der Waals surface area contributed by atoms with Crippen LogP contribution in [0.15, 0.2) is 0 Å². The van der Waals surface area contributed by atoms with Crippen LogP contribution in [0.1, 0.15) is 40.5 Å². The monoisotopic (exact) mass is 214 g/mol. The Morgan fingerprint density at radius 1 is 1.40 bits per heavy atom. The quantitative estimate of drug-likeness (QED) is 0.728. The molecule has 0 aliphatic carbocycles. The van der Waals surface area contributed by atoms with E-state index in [-0.39, 0.29) is 11.1 Å². The maximum absolute atomic E-state index is 5.53. The van der Waals surface area contributed by atoms with Crippen LogP contribution < -0.4 is 10.6 Å². The summed E-state index contributed by atoms with van der Waals surface area (Å²) in [4.78, 5) is 0. The molecule has 0 spiro atoms. The standard InChI is InChI=1S/C12H26N2O/c1-5-13-11(2,3)9-14-12(4)7-6-8-15-10-12/h13-14H,5-10H2,1-4H3. The fourth-order valence-electron chi connectivity index (χ4n) is 2.05. The predicted molar refractivity (Wildman–Crippen MR) is 64.2 cm³/mol. The molecule has 1 saturated heterocycles. The second kappa shape index (κ2) is 5.28. The lowest BCUT2D eigenvalue weighted by Gasteiger charge is -2.38. The maximum Gasteiger partial charge on any atom is 0.0645 e. The van der Waals surface area contributed by atoms with E-state index in [9.17, 15) is 0 Å². The molecule has 90 valence electrons. The summed E-state index contributed by atoms with van der Waals surface area (Å²) >= 11 is 0. The minimum atomic E-state index is 0.162. The summed E-state index contributed by atoms with van der Waals surface area (Å²) in [5.41, 5.74) is 0.333. The van der Waals surface area contributed by atoms with Gasteiger partial charge in [0.15, 0.2) is 0 Å². The molecule has 1 fully saturated rings. The molecule has 1 aliphatic rings. The SMILES string of the molecule is CCNC(C)(C)CNC1(C)CCCOC1. The van der Waals surface area contributed by atoms with Crippen molar-refractivity contribution in [1.29, 1.82) is 0 Å². The molecule has 15 heavy (non-hydrogen) atoms. The number of rotatable bonds is 5. The lowest BCUT2D eigenvalue weighted by molar-refractivity contribution is 0.0259. The highest BCUT2D eigenvalue weighted by atomic mass is 16.5. The van der Waals surface area contributed by atoms with Crippen LogP contribution in [0.4, 0.5) is 0 Å². The average molecular weight is 214 g/mol. The summed E-state index contributed by atoms with van der Waals surface area (Å²) in [5, 5.41) is 7.11. The van der Waals surface area contributed by atoms with Crippen LogP contribution in [0.2, 0.25) is 0 Å². The van der Waals surface area contributed by atoms with Gasteiger partial charge in [-0.2, -0.15) is 0 Å². The minimum Gasteiger partial charge on any atom is -0.380 e. The number of nitrogens with one attached hydrogen (secondary N) is 2. The molecule has 1 aliphatic heterocycles. The van der Waals surface area contributed by atoms with Crippen LogP contribution in [0.5, 0.6) is 0 Å². The fraction of sp³-hybridized carbons (Fsp3) is 1.00. The van der Waals surface area contributed by atoms with Crippen molar-refractivity contribution in [3.63, 3.8) is 0 Å². The average Bonchev–Trinajstić information content (AvgIpc) is 2.17. The summed E-state index contributed by atoms with van der Waals surface area (Å²) in [6, 6.07) is 0. The highest BCUT2D eigenvalue weighted by Crippen LogP contribution is 2.18. The normalized spacial score (nSPS) is 28.0. The van der Waals surface area contributed by atoms with E-state index in [2.05, 4.69) is 38.3 Å². The van der Waals surface area contributed by atoms with Crippen LogP contribution in [0.25, 0.3) is 0 Å². The Morgan fingerprint density at radius 3 is 2.67 bits per heavy atom. The molecule has 0 bridgehead atoms. The topological polar surface area (TPSA) is 33.3 Å². The van der Waals surface area contributed by atoms with E-state index in [0.717, 1.165) is 26.3 Å². The first-order chi connectivity index (χ1) is 6.97. The van der Waals surface area contributed by atoms with Crippen LogP contribution >= 0.6 is 0 Å². The Balaban J connectivity index is 2.34. The first-order valence-electron chi connectivity index (χ1n) is 6.05. The summed E-state index contributed by atoms with van der Waals surface area (Å²) in [5.74, 6) is 0. The summed E-state index contributed by atoms with van der Waals surface area (Å²) in [7, 11) is 0. The summed E-state index contributed by atoms with van der Waals surface area (Å²) in [6.07, 6.45) is 2.39. The van der Waals surface area contributed by atoms with Crippen molar-refractivity contribution in [3.05, 3.63) is 0 Å². The van der Waals surface area contributed by atoms with Crippen LogP contribution in [0, 0.1) is 0 Å². The number of likely N-dealkylation sites (N-methyl/N-ethyl adjacent to an activating group) is 1. The Hall–Kier alpha value is -0.120. The van der Waals surface area contributed by atoms with E-state index in [0.29, 0.717) is 0 Å². The summed E-state index contributed by atoms with van der Waals surface area (Å²) < 4.78 is 5.53. The molecule has 0 radical (unpaired) electrons. The molecular weight excluding hydrogens is 188 g/mol. The molecule has 3 heteroatoms. The zero-order valence-electron chi connectivity index (χ0n) is 10.7. The van der Waals surface area contributed by atoms with Crippen molar-refractivity contribution in [2.24, 2.45) is 0 Å². The highest BCUT2D eigenvalue weighted by Gasteiger charge is 2.29. The molecular formula is C12H26N2O. The van der Waals surface area contributed by atoms with E-state index in [1.807, 2.05) is 0 Å². The zero-order valence-corrected chi connectivity index (χ0v) is 10.7. The van der Waals surface area contributed by atoms with Gasteiger partial charge in [-0.3, -0.25) is 0 Å². The van der Waals surface area contributed by atoms with Crippen molar-refractivity contribution in [3.8, 4) is 0 Å². The molecule has 3 nitrogen and oxygen atoms in total. The maximum atomic E-state index is 5.53. The Labute approximate surface area is 94.0 Å². The molecule has 2 N–H and O–H groups in total. The van der Waals surface area contributed by atoms with E-state index < -0.39 is 0 Å². The van der Waals surface area contributed by atoms with Crippen LogP contribution in [-0.2, 0) is 4.74 Å². The van der Waals surface area contributed by atoms with Crippen molar-refractivity contribution >= 4 is 0 Å². The van der Waals surface area contributed by atoms with E-state index in [1.165, 1.54) is 12.8 Å². The first kappa shape index (κ1) is 12.9. The molecule has 0 amide bonds. The fourth-order valence-corrected chi connectivity index (χ4v) is 2.05. The van der Waals surface area contributed by atoms with Gasteiger partial charge in [-0.15, -0.1) is 0 Å². The van der Waals surface area contributed by atoms with Gasteiger partial charge in [0.1, 0.15) is 0 Å². The second-order valence-electron chi connectivity index (χ2n) is 5.48. The van der Waals surface area contributed by atoms with Crippen molar-refractivity contribution < 1.29 is 4.74 Å². The van der Waals surface area contributed by atoms with E-state index >= 15 is 0 Å². The van der Waals surface area contributed by atoms with Crippen molar-refractivity contribution in [2.45, 2.75) is 51.6 Å². The Morgan fingerprint density at radius 2 is 2.13 bits per heavy atom. The van der Waals surface area contributed by atoms with E-state index in [4.69, 9.17) is 4.74 Å². The van der Waals surface area contributed by atoms with Gasteiger partial charge in [-0.1, -0.05) is 6.92 Å².